The molecule has 0 amide bonds. The highest BCUT2D eigenvalue weighted by Gasteiger charge is 2.19. The van der Waals surface area contributed by atoms with Gasteiger partial charge in [0.25, 0.3) is 0 Å². The highest BCUT2D eigenvalue weighted by molar-refractivity contribution is 9.11. The molecule has 0 bridgehead atoms. The standard InChI is InChI=1S/C15H23Br2NO/c1-10(15(2,3)4)8-18-9-11-6-12(16)7-13(17)14(11)19-5/h6-7,10,18H,8-9H2,1-5H3. The van der Waals surface area contributed by atoms with Gasteiger partial charge in [-0.25, -0.2) is 0 Å². The van der Waals surface area contributed by atoms with Crippen LogP contribution in [0.1, 0.15) is 33.3 Å². The van der Waals surface area contributed by atoms with E-state index in [1.807, 2.05) is 6.07 Å². The Kier molecular flexibility index (Phi) is 6.34. The molecule has 0 saturated heterocycles. The van der Waals surface area contributed by atoms with E-state index in [2.05, 4.69) is 70.9 Å². The predicted molar refractivity (Wildman–Crippen MR) is 88.7 cm³/mol. The number of hydrogen-bond donors (Lipinski definition) is 1. The molecule has 19 heavy (non-hydrogen) atoms. The molecule has 0 aromatic heterocycles. The van der Waals surface area contributed by atoms with E-state index in [1.54, 1.807) is 7.11 Å². The van der Waals surface area contributed by atoms with Gasteiger partial charge in [0.1, 0.15) is 5.75 Å². The second kappa shape index (κ2) is 7.09. The van der Waals surface area contributed by atoms with Crippen LogP contribution in [0.4, 0.5) is 0 Å². The molecule has 0 aliphatic heterocycles. The molecule has 0 saturated carbocycles. The van der Waals surface area contributed by atoms with Gasteiger partial charge >= 0.3 is 0 Å². The molecule has 1 unspecified atom stereocenters. The zero-order valence-corrected chi connectivity index (χ0v) is 15.5. The Morgan fingerprint density at radius 3 is 2.42 bits per heavy atom. The Morgan fingerprint density at radius 1 is 1.26 bits per heavy atom. The van der Waals surface area contributed by atoms with Crippen LogP contribution >= 0.6 is 31.9 Å². The SMILES string of the molecule is COc1c(Br)cc(Br)cc1CNCC(C)C(C)(C)C. The van der Waals surface area contributed by atoms with E-state index in [0.717, 1.165) is 33.3 Å². The fraction of sp³-hybridized carbons (Fsp3) is 0.600. The van der Waals surface area contributed by atoms with Gasteiger partial charge in [-0.05, 0) is 45.9 Å². The maximum Gasteiger partial charge on any atom is 0.137 e. The summed E-state index contributed by atoms with van der Waals surface area (Å²) in [5, 5.41) is 3.52. The lowest BCUT2D eigenvalue weighted by Crippen LogP contribution is -2.29. The molecule has 0 spiro atoms. The van der Waals surface area contributed by atoms with Crippen molar-refractivity contribution in [1.82, 2.24) is 5.32 Å². The van der Waals surface area contributed by atoms with Gasteiger partial charge in [-0.2, -0.15) is 0 Å². The Balaban J connectivity index is 2.68. The van der Waals surface area contributed by atoms with Gasteiger partial charge in [0, 0.05) is 16.6 Å². The van der Waals surface area contributed by atoms with Crippen molar-refractivity contribution in [2.45, 2.75) is 34.2 Å². The fourth-order valence-corrected chi connectivity index (χ4v) is 3.18. The maximum atomic E-state index is 5.45. The molecule has 108 valence electrons. The van der Waals surface area contributed by atoms with E-state index in [9.17, 15) is 0 Å². The lowest BCUT2D eigenvalue weighted by atomic mass is 9.82. The maximum absolute atomic E-state index is 5.45. The molecule has 1 aromatic carbocycles. The molecule has 0 aliphatic rings. The van der Waals surface area contributed by atoms with Gasteiger partial charge in [-0.3, -0.25) is 0 Å². The zero-order chi connectivity index (χ0) is 14.6. The summed E-state index contributed by atoms with van der Waals surface area (Å²) in [5.74, 6) is 1.52. The molecular weight excluding hydrogens is 370 g/mol. The Bertz CT molecular complexity index is 427. The summed E-state index contributed by atoms with van der Waals surface area (Å²) in [6.45, 7) is 10.9. The summed E-state index contributed by atoms with van der Waals surface area (Å²) in [6, 6.07) is 4.10. The molecule has 0 aliphatic carbocycles. The van der Waals surface area contributed by atoms with E-state index in [4.69, 9.17) is 4.74 Å². The summed E-state index contributed by atoms with van der Waals surface area (Å²) in [7, 11) is 1.70. The third-order valence-corrected chi connectivity index (χ3v) is 4.58. The number of methoxy groups -OCH3 is 1. The Labute approximate surface area is 133 Å². The van der Waals surface area contributed by atoms with Crippen LogP contribution in [0.5, 0.6) is 5.75 Å². The van der Waals surface area contributed by atoms with E-state index >= 15 is 0 Å². The van der Waals surface area contributed by atoms with Crippen LogP contribution < -0.4 is 10.1 Å². The third kappa shape index (κ3) is 5.09. The predicted octanol–water partition coefficient (Wildman–Crippen LogP) is 4.99. The summed E-state index contributed by atoms with van der Waals surface area (Å²) in [4.78, 5) is 0. The summed E-state index contributed by atoms with van der Waals surface area (Å²) < 4.78 is 7.48. The van der Waals surface area contributed by atoms with Crippen molar-refractivity contribution in [3.63, 3.8) is 0 Å². The molecule has 1 aromatic rings. The van der Waals surface area contributed by atoms with Crippen LogP contribution in [0.15, 0.2) is 21.1 Å². The van der Waals surface area contributed by atoms with Gasteiger partial charge in [0.2, 0.25) is 0 Å². The van der Waals surface area contributed by atoms with Crippen molar-refractivity contribution in [2.24, 2.45) is 11.3 Å². The Morgan fingerprint density at radius 2 is 1.89 bits per heavy atom. The Hall–Kier alpha value is -0.0600. The van der Waals surface area contributed by atoms with Crippen molar-refractivity contribution < 1.29 is 4.74 Å². The average Bonchev–Trinajstić information content (AvgIpc) is 2.27. The average molecular weight is 393 g/mol. The molecule has 0 radical (unpaired) electrons. The van der Waals surface area contributed by atoms with E-state index in [-0.39, 0.29) is 0 Å². The van der Waals surface area contributed by atoms with Crippen LogP contribution in [0.25, 0.3) is 0 Å². The first-order valence-corrected chi connectivity index (χ1v) is 8.07. The summed E-state index contributed by atoms with van der Waals surface area (Å²) >= 11 is 7.04. The molecule has 1 rings (SSSR count). The number of nitrogens with one attached hydrogen (secondary N) is 1. The number of rotatable bonds is 5. The molecule has 0 fully saturated rings. The molecule has 1 atom stereocenters. The van der Waals surface area contributed by atoms with Crippen LogP contribution in [0.2, 0.25) is 0 Å². The van der Waals surface area contributed by atoms with Gasteiger partial charge < -0.3 is 10.1 Å². The van der Waals surface area contributed by atoms with Gasteiger partial charge in [-0.15, -0.1) is 0 Å². The first-order chi connectivity index (χ1) is 8.75. The fourth-order valence-electron chi connectivity index (χ4n) is 1.70. The molecule has 0 heterocycles. The van der Waals surface area contributed by atoms with E-state index in [1.165, 1.54) is 0 Å². The number of ether oxygens (including phenoxy) is 1. The van der Waals surface area contributed by atoms with Crippen LogP contribution in [-0.4, -0.2) is 13.7 Å². The van der Waals surface area contributed by atoms with Gasteiger partial charge in [0.05, 0.1) is 11.6 Å². The molecular formula is C15H23Br2NO. The second-order valence-electron chi connectivity index (χ2n) is 5.98. The summed E-state index contributed by atoms with van der Waals surface area (Å²) in [6.07, 6.45) is 0. The monoisotopic (exact) mass is 391 g/mol. The number of benzene rings is 1. The second-order valence-corrected chi connectivity index (χ2v) is 7.75. The van der Waals surface area contributed by atoms with Crippen molar-refractivity contribution in [2.75, 3.05) is 13.7 Å². The van der Waals surface area contributed by atoms with Crippen molar-refractivity contribution in [1.29, 1.82) is 0 Å². The van der Waals surface area contributed by atoms with Crippen LogP contribution in [0, 0.1) is 11.3 Å². The normalized spacial score (nSPS) is 13.4. The van der Waals surface area contributed by atoms with E-state index < -0.39 is 0 Å². The van der Waals surface area contributed by atoms with Crippen molar-refractivity contribution in [3.8, 4) is 5.75 Å². The lowest BCUT2D eigenvalue weighted by Gasteiger charge is -2.27. The highest BCUT2D eigenvalue weighted by atomic mass is 79.9. The molecule has 2 nitrogen and oxygen atoms in total. The lowest BCUT2D eigenvalue weighted by molar-refractivity contribution is 0.252. The minimum absolute atomic E-state index is 0.328. The quantitative estimate of drug-likeness (QED) is 0.761. The molecule has 1 N–H and O–H groups in total. The van der Waals surface area contributed by atoms with Crippen LogP contribution in [0.3, 0.4) is 0 Å². The zero-order valence-electron chi connectivity index (χ0n) is 12.3. The minimum Gasteiger partial charge on any atom is -0.495 e. The number of halogens is 2. The first kappa shape index (κ1) is 17.0. The minimum atomic E-state index is 0.328. The first-order valence-electron chi connectivity index (χ1n) is 6.48. The topological polar surface area (TPSA) is 21.3 Å². The van der Waals surface area contributed by atoms with Gasteiger partial charge in [-0.1, -0.05) is 43.6 Å². The van der Waals surface area contributed by atoms with Crippen molar-refractivity contribution in [3.05, 3.63) is 26.6 Å². The number of hydrogen-bond acceptors (Lipinski definition) is 2. The van der Waals surface area contributed by atoms with E-state index in [0.29, 0.717) is 11.3 Å². The van der Waals surface area contributed by atoms with Gasteiger partial charge in [0.15, 0.2) is 0 Å². The van der Waals surface area contributed by atoms with Crippen LogP contribution in [-0.2, 0) is 6.54 Å². The smallest absolute Gasteiger partial charge is 0.137 e. The largest absolute Gasteiger partial charge is 0.495 e. The van der Waals surface area contributed by atoms with Crippen molar-refractivity contribution >= 4 is 31.9 Å². The third-order valence-electron chi connectivity index (χ3n) is 3.53. The highest BCUT2D eigenvalue weighted by Crippen LogP contribution is 2.32. The summed E-state index contributed by atoms with van der Waals surface area (Å²) in [5.41, 5.74) is 1.49. The molecule has 4 heteroatoms.